The van der Waals surface area contributed by atoms with Crippen LogP contribution in [-0.4, -0.2) is 35.6 Å². The second kappa shape index (κ2) is 5.58. The predicted octanol–water partition coefficient (Wildman–Crippen LogP) is 2.40. The molecule has 1 atom stereocenters. The number of halogens is 2. The van der Waals surface area contributed by atoms with Gasteiger partial charge in [-0.1, -0.05) is 0 Å². The van der Waals surface area contributed by atoms with Crippen LogP contribution in [0.15, 0.2) is 21.2 Å². The molecule has 0 radical (unpaired) electrons. The SMILES string of the molecule is CC1CN(Cc2ncc(Br)cc2Br)CCN1. The molecule has 1 aromatic rings. The van der Waals surface area contributed by atoms with Crippen LogP contribution >= 0.6 is 31.9 Å². The number of hydrogen-bond acceptors (Lipinski definition) is 3. The van der Waals surface area contributed by atoms with Crippen molar-refractivity contribution < 1.29 is 0 Å². The Hall–Kier alpha value is 0.0300. The molecule has 0 aliphatic carbocycles. The number of pyridine rings is 1. The average Bonchev–Trinajstić information content (AvgIpc) is 2.22. The minimum absolute atomic E-state index is 0.572. The monoisotopic (exact) mass is 347 g/mol. The molecule has 88 valence electrons. The third-order valence-electron chi connectivity index (χ3n) is 2.71. The van der Waals surface area contributed by atoms with Crippen molar-refractivity contribution in [1.82, 2.24) is 15.2 Å². The summed E-state index contributed by atoms with van der Waals surface area (Å²) in [6.07, 6.45) is 1.85. The van der Waals surface area contributed by atoms with E-state index >= 15 is 0 Å². The van der Waals surface area contributed by atoms with Crippen molar-refractivity contribution in [1.29, 1.82) is 0 Å². The van der Waals surface area contributed by atoms with Gasteiger partial charge in [-0.15, -0.1) is 0 Å². The number of rotatable bonds is 2. The van der Waals surface area contributed by atoms with Gasteiger partial charge in [-0.05, 0) is 44.8 Å². The Morgan fingerprint density at radius 3 is 3.06 bits per heavy atom. The number of nitrogens with one attached hydrogen (secondary N) is 1. The third-order valence-corrected chi connectivity index (χ3v) is 3.83. The maximum Gasteiger partial charge on any atom is 0.0686 e. The Labute approximate surface area is 113 Å². The van der Waals surface area contributed by atoms with Gasteiger partial charge in [0.05, 0.1) is 5.69 Å². The highest BCUT2D eigenvalue weighted by atomic mass is 79.9. The van der Waals surface area contributed by atoms with Crippen LogP contribution in [0.2, 0.25) is 0 Å². The van der Waals surface area contributed by atoms with E-state index in [9.17, 15) is 0 Å². The molecule has 1 fully saturated rings. The van der Waals surface area contributed by atoms with Crippen molar-refractivity contribution in [2.45, 2.75) is 19.5 Å². The first-order valence-electron chi connectivity index (χ1n) is 5.41. The molecule has 3 nitrogen and oxygen atoms in total. The summed E-state index contributed by atoms with van der Waals surface area (Å²) in [5.74, 6) is 0. The molecule has 1 unspecified atom stereocenters. The van der Waals surface area contributed by atoms with Gasteiger partial charge in [0.1, 0.15) is 0 Å². The fourth-order valence-corrected chi connectivity index (χ4v) is 3.04. The van der Waals surface area contributed by atoms with E-state index < -0.39 is 0 Å². The highest BCUT2D eigenvalue weighted by molar-refractivity contribution is 9.11. The van der Waals surface area contributed by atoms with Crippen molar-refractivity contribution in [3.8, 4) is 0 Å². The van der Waals surface area contributed by atoms with E-state index in [2.05, 4.69) is 54.0 Å². The van der Waals surface area contributed by atoms with Crippen molar-refractivity contribution in [3.63, 3.8) is 0 Å². The highest BCUT2D eigenvalue weighted by Crippen LogP contribution is 2.21. The Morgan fingerprint density at radius 2 is 2.38 bits per heavy atom. The molecule has 1 saturated heterocycles. The van der Waals surface area contributed by atoms with E-state index in [4.69, 9.17) is 0 Å². The molecule has 2 rings (SSSR count). The first kappa shape index (κ1) is 12.5. The molecule has 16 heavy (non-hydrogen) atoms. The fraction of sp³-hybridized carbons (Fsp3) is 0.545. The van der Waals surface area contributed by atoms with Gasteiger partial charge in [0.25, 0.3) is 0 Å². The first-order chi connectivity index (χ1) is 7.65. The Balaban J connectivity index is 2.02. The van der Waals surface area contributed by atoms with Crippen molar-refractivity contribution >= 4 is 31.9 Å². The zero-order chi connectivity index (χ0) is 11.5. The van der Waals surface area contributed by atoms with Crippen LogP contribution in [0.4, 0.5) is 0 Å². The summed E-state index contributed by atoms with van der Waals surface area (Å²) in [4.78, 5) is 6.87. The minimum atomic E-state index is 0.572. The molecular weight excluding hydrogens is 334 g/mol. The number of hydrogen-bond donors (Lipinski definition) is 1. The van der Waals surface area contributed by atoms with Crippen LogP contribution in [0.25, 0.3) is 0 Å². The topological polar surface area (TPSA) is 28.2 Å². The van der Waals surface area contributed by atoms with E-state index in [-0.39, 0.29) is 0 Å². The van der Waals surface area contributed by atoms with E-state index in [0.717, 1.165) is 40.8 Å². The number of aromatic nitrogens is 1. The molecule has 1 aliphatic heterocycles. The zero-order valence-corrected chi connectivity index (χ0v) is 12.4. The van der Waals surface area contributed by atoms with Gasteiger partial charge in [-0.3, -0.25) is 9.88 Å². The van der Waals surface area contributed by atoms with Gasteiger partial charge in [0, 0.05) is 47.4 Å². The molecule has 1 aliphatic rings. The molecule has 0 aromatic carbocycles. The van der Waals surface area contributed by atoms with Gasteiger partial charge < -0.3 is 5.32 Å². The van der Waals surface area contributed by atoms with Crippen LogP contribution < -0.4 is 5.32 Å². The summed E-state index contributed by atoms with van der Waals surface area (Å²) in [6, 6.07) is 2.62. The maximum atomic E-state index is 4.44. The van der Waals surface area contributed by atoms with Gasteiger partial charge in [-0.2, -0.15) is 0 Å². The first-order valence-corrected chi connectivity index (χ1v) is 6.99. The summed E-state index contributed by atoms with van der Waals surface area (Å²) in [7, 11) is 0. The average molecular weight is 349 g/mol. The Kier molecular flexibility index (Phi) is 4.35. The molecule has 0 saturated carbocycles. The van der Waals surface area contributed by atoms with Crippen LogP contribution in [0.1, 0.15) is 12.6 Å². The Bertz CT molecular complexity index is 370. The zero-order valence-electron chi connectivity index (χ0n) is 9.21. The molecule has 1 aromatic heterocycles. The van der Waals surface area contributed by atoms with Crippen LogP contribution in [-0.2, 0) is 6.54 Å². The lowest BCUT2D eigenvalue weighted by Crippen LogP contribution is -2.48. The largest absolute Gasteiger partial charge is 0.312 e. The second-order valence-electron chi connectivity index (χ2n) is 4.17. The smallest absolute Gasteiger partial charge is 0.0686 e. The van der Waals surface area contributed by atoms with E-state index in [1.165, 1.54) is 0 Å². The van der Waals surface area contributed by atoms with Crippen molar-refractivity contribution in [2.24, 2.45) is 0 Å². The Morgan fingerprint density at radius 1 is 1.56 bits per heavy atom. The van der Waals surface area contributed by atoms with Gasteiger partial charge in [0.2, 0.25) is 0 Å². The summed E-state index contributed by atoms with van der Waals surface area (Å²) < 4.78 is 2.09. The lowest BCUT2D eigenvalue weighted by atomic mass is 10.2. The summed E-state index contributed by atoms with van der Waals surface area (Å²) in [5, 5.41) is 3.44. The molecule has 0 bridgehead atoms. The lowest BCUT2D eigenvalue weighted by Gasteiger charge is -2.31. The van der Waals surface area contributed by atoms with E-state index in [1.54, 1.807) is 0 Å². The van der Waals surface area contributed by atoms with Crippen molar-refractivity contribution in [2.75, 3.05) is 19.6 Å². The van der Waals surface area contributed by atoms with E-state index in [0.29, 0.717) is 6.04 Å². The highest BCUT2D eigenvalue weighted by Gasteiger charge is 2.16. The molecule has 5 heteroatoms. The van der Waals surface area contributed by atoms with Crippen LogP contribution in [0, 0.1) is 0 Å². The van der Waals surface area contributed by atoms with E-state index in [1.807, 2.05) is 12.3 Å². The van der Waals surface area contributed by atoms with Crippen LogP contribution in [0.3, 0.4) is 0 Å². The summed E-state index contributed by atoms with van der Waals surface area (Å²) >= 11 is 6.97. The molecule has 2 heterocycles. The summed E-state index contributed by atoms with van der Waals surface area (Å²) in [5.41, 5.74) is 1.11. The quantitative estimate of drug-likeness (QED) is 0.889. The lowest BCUT2D eigenvalue weighted by molar-refractivity contribution is 0.197. The predicted molar refractivity (Wildman–Crippen MR) is 72.4 cm³/mol. The maximum absolute atomic E-state index is 4.44. The van der Waals surface area contributed by atoms with Gasteiger partial charge in [-0.25, -0.2) is 0 Å². The molecular formula is C11H15Br2N3. The second-order valence-corrected chi connectivity index (χ2v) is 5.94. The van der Waals surface area contributed by atoms with Crippen LogP contribution in [0.5, 0.6) is 0 Å². The van der Waals surface area contributed by atoms with Gasteiger partial charge in [0.15, 0.2) is 0 Å². The third kappa shape index (κ3) is 3.26. The van der Waals surface area contributed by atoms with Gasteiger partial charge >= 0.3 is 0 Å². The molecule has 0 amide bonds. The normalized spacial score (nSPS) is 22.3. The summed E-state index contributed by atoms with van der Waals surface area (Å²) in [6.45, 7) is 6.38. The molecule has 1 N–H and O–H groups in total. The van der Waals surface area contributed by atoms with Crippen molar-refractivity contribution in [3.05, 3.63) is 26.9 Å². The number of piperazine rings is 1. The molecule has 0 spiro atoms. The standard InChI is InChI=1S/C11H15Br2N3/c1-8-6-16(3-2-14-8)7-11-10(13)4-9(12)5-15-11/h4-5,8,14H,2-3,6-7H2,1H3. The number of nitrogens with zero attached hydrogens (tertiary/aromatic N) is 2. The fourth-order valence-electron chi connectivity index (χ4n) is 1.93. The minimum Gasteiger partial charge on any atom is -0.312 e.